The van der Waals surface area contributed by atoms with Gasteiger partial charge >= 0.3 is 22.8 Å². The quantitative estimate of drug-likeness (QED) is 0.138. The third-order valence-electron chi connectivity index (χ3n) is 11.2. The van der Waals surface area contributed by atoms with Crippen LogP contribution in [0.25, 0.3) is 21.9 Å². The van der Waals surface area contributed by atoms with Crippen molar-refractivity contribution in [2.45, 2.75) is 125 Å². The van der Waals surface area contributed by atoms with Crippen molar-refractivity contribution in [3.05, 3.63) is 123 Å². The third-order valence-corrected chi connectivity index (χ3v) is 13.2. The summed E-state index contributed by atoms with van der Waals surface area (Å²) in [5.41, 5.74) is 8.19. The molecule has 1 aliphatic heterocycles. The van der Waals surface area contributed by atoms with Crippen molar-refractivity contribution < 1.29 is 40.8 Å². The number of benzene rings is 5. The van der Waals surface area contributed by atoms with Gasteiger partial charge in [-0.25, -0.2) is 4.79 Å². The minimum atomic E-state index is -2.14. The zero-order valence-electron chi connectivity index (χ0n) is 39.7. The molecule has 0 fully saturated rings. The molecule has 334 valence electrons. The predicted octanol–water partition coefficient (Wildman–Crippen LogP) is 15.4. The molecule has 7 rings (SSSR count). The van der Waals surface area contributed by atoms with Gasteiger partial charge in [-0.05, 0) is 77.5 Å². The van der Waals surface area contributed by atoms with Gasteiger partial charge in [0, 0.05) is 45.0 Å². The monoisotopic (exact) mass is 892 g/mol. The van der Waals surface area contributed by atoms with Crippen molar-refractivity contribution in [2.75, 3.05) is 14.2 Å². The number of methoxy groups -OCH3 is 2. The smallest absolute Gasteiger partial charge is 0.497 e. The first kappa shape index (κ1) is 45.9. The first-order valence-corrected chi connectivity index (χ1v) is 23.6. The van der Waals surface area contributed by atoms with E-state index in [2.05, 4.69) is 121 Å². The fourth-order valence-corrected chi connectivity index (χ4v) is 10.2. The van der Waals surface area contributed by atoms with Gasteiger partial charge in [-0.15, -0.1) is 0 Å². The van der Waals surface area contributed by atoms with Crippen LogP contribution in [0.2, 0.25) is 0 Å². The lowest BCUT2D eigenvalue weighted by atomic mass is 9.81. The SMILES string of the molecule is COc1cc(C(C)(C)C)c2op(Oc3c(Cc4cc(C)cc(C(C)(C)C)c4OP4OC(=O)c5ccccc5O4)cc(C)cc3C(C)(C)C)oc3c(C(C)(C)C)cc(OC)cc3c2c1. The highest BCUT2D eigenvalue weighted by Gasteiger charge is 2.36. The highest BCUT2D eigenvalue weighted by atomic mass is 31.2. The van der Waals surface area contributed by atoms with Crippen molar-refractivity contribution in [2.24, 2.45) is 0 Å². The molecule has 0 spiro atoms. The summed E-state index contributed by atoms with van der Waals surface area (Å²) in [6.07, 6.45) is 0.416. The Labute approximate surface area is 375 Å². The lowest BCUT2D eigenvalue weighted by Gasteiger charge is -2.29. The molecule has 0 amide bonds. The first-order valence-electron chi connectivity index (χ1n) is 21.4. The Hall–Kier alpha value is -5.10. The maximum atomic E-state index is 13.2. The minimum absolute atomic E-state index is 0.335. The van der Waals surface area contributed by atoms with Gasteiger partial charge in [0.1, 0.15) is 45.5 Å². The molecule has 0 bridgehead atoms. The number of ether oxygens (including phenoxy) is 2. The lowest BCUT2D eigenvalue weighted by Crippen LogP contribution is -2.18. The van der Waals surface area contributed by atoms with Crippen molar-refractivity contribution in [1.82, 2.24) is 0 Å². The van der Waals surface area contributed by atoms with Crippen molar-refractivity contribution in [1.29, 1.82) is 0 Å². The molecule has 0 saturated heterocycles. The first-order chi connectivity index (χ1) is 29.3. The predicted molar refractivity (Wildman–Crippen MR) is 255 cm³/mol. The van der Waals surface area contributed by atoms with Gasteiger partial charge in [0.2, 0.25) is 0 Å². The molecule has 11 heteroatoms. The lowest BCUT2D eigenvalue weighted by molar-refractivity contribution is 0.0697. The molecular weight excluding hydrogens is 831 g/mol. The maximum Gasteiger partial charge on any atom is 0.532 e. The van der Waals surface area contributed by atoms with Crippen LogP contribution in [-0.2, 0) is 32.6 Å². The molecule has 2 heterocycles. The van der Waals surface area contributed by atoms with Gasteiger partial charge < -0.3 is 36.0 Å². The van der Waals surface area contributed by atoms with E-state index in [1.54, 1.807) is 32.4 Å². The molecule has 0 aliphatic carbocycles. The number of hydrogen-bond donors (Lipinski definition) is 0. The number of carbonyl (C=O) groups is 1. The van der Waals surface area contributed by atoms with Crippen molar-refractivity contribution >= 4 is 44.8 Å². The van der Waals surface area contributed by atoms with Crippen molar-refractivity contribution in [3.63, 3.8) is 0 Å². The third kappa shape index (κ3) is 9.57. The largest absolute Gasteiger partial charge is 0.532 e. The van der Waals surface area contributed by atoms with E-state index >= 15 is 0 Å². The number of para-hydroxylation sites is 1. The zero-order valence-corrected chi connectivity index (χ0v) is 41.5. The van der Waals surface area contributed by atoms with E-state index in [0.29, 0.717) is 51.9 Å². The fraction of sp³-hybridized carbons (Fsp3) is 0.404. The Balaban J connectivity index is 1.49. The van der Waals surface area contributed by atoms with Crippen LogP contribution in [0.5, 0.6) is 28.7 Å². The van der Waals surface area contributed by atoms with Crippen LogP contribution in [0, 0.1) is 13.8 Å². The number of aryl methyl sites for hydroxylation is 2. The number of carbonyl (C=O) groups excluding carboxylic acids is 1. The van der Waals surface area contributed by atoms with Crippen LogP contribution in [-0.4, -0.2) is 20.2 Å². The second kappa shape index (κ2) is 16.8. The second-order valence-electron chi connectivity index (χ2n) is 20.7. The van der Waals surface area contributed by atoms with Gasteiger partial charge in [0.25, 0.3) is 0 Å². The van der Waals surface area contributed by atoms with Gasteiger partial charge in [0.15, 0.2) is 0 Å². The van der Waals surface area contributed by atoms with Crippen molar-refractivity contribution in [3.8, 4) is 28.7 Å². The summed E-state index contributed by atoms with van der Waals surface area (Å²) in [6.45, 7) is 30.2. The summed E-state index contributed by atoms with van der Waals surface area (Å²) in [5.74, 6) is 2.66. The van der Waals surface area contributed by atoms with Gasteiger partial charge in [-0.1, -0.05) is 131 Å². The van der Waals surface area contributed by atoms with E-state index in [-0.39, 0.29) is 21.7 Å². The Kier molecular flexibility index (Phi) is 12.2. The summed E-state index contributed by atoms with van der Waals surface area (Å²) in [4.78, 5) is 13.2. The maximum absolute atomic E-state index is 13.2. The van der Waals surface area contributed by atoms with Crippen LogP contribution in [0.1, 0.15) is 138 Å². The van der Waals surface area contributed by atoms with Gasteiger partial charge in [-0.2, -0.15) is 0 Å². The zero-order chi connectivity index (χ0) is 46.0. The van der Waals surface area contributed by atoms with E-state index < -0.39 is 22.8 Å². The summed E-state index contributed by atoms with van der Waals surface area (Å²) >= 11 is 0. The fourth-order valence-electron chi connectivity index (χ4n) is 7.97. The molecular formula is C52H62O9P2. The summed E-state index contributed by atoms with van der Waals surface area (Å²) < 4.78 is 52.1. The Morgan fingerprint density at radius 2 is 0.984 bits per heavy atom. The molecule has 9 nitrogen and oxygen atoms in total. The average Bonchev–Trinajstić information content (AvgIpc) is 3.33. The topological polar surface area (TPSA) is 98.7 Å². The molecule has 1 unspecified atom stereocenters. The highest BCUT2D eigenvalue weighted by molar-refractivity contribution is 7.43. The standard InChI is InChI=1S/C52H62O9P2/c1-30-21-32(44(39(23-30)49(3,4)5)57-62-56-43-20-18-17-19-36(43)48(53)61-62)25-33-22-31(2)24-40(50(6,7)8)45(33)58-63-59-46-37(26-34(54-15)28-41(46)51(9,10)11)38-27-35(55-16)29-42(47(38)60-63)52(12,13)14/h17-24,26-29H,25H2,1-16H3. The van der Waals surface area contributed by atoms with Crippen LogP contribution in [0.4, 0.5) is 0 Å². The molecule has 0 radical (unpaired) electrons. The summed E-state index contributed by atoms with van der Waals surface area (Å²) in [6, 6.07) is 23.8. The number of hydrogen-bond acceptors (Lipinski definition) is 9. The summed E-state index contributed by atoms with van der Waals surface area (Å²) in [5, 5.41) is 1.66. The van der Waals surface area contributed by atoms with E-state index in [4.69, 9.17) is 36.0 Å². The molecule has 1 aliphatic rings. The molecule has 63 heavy (non-hydrogen) atoms. The van der Waals surface area contributed by atoms with Crippen LogP contribution < -0.4 is 23.0 Å². The summed E-state index contributed by atoms with van der Waals surface area (Å²) in [7, 11) is -0.882. The van der Waals surface area contributed by atoms with E-state index in [1.807, 2.05) is 30.3 Å². The molecule has 0 saturated carbocycles. The molecule has 0 N–H and O–H groups in total. The normalized spacial score (nSPS) is 14.5. The van der Waals surface area contributed by atoms with E-state index in [1.165, 1.54) is 0 Å². The highest BCUT2D eigenvalue weighted by Crippen LogP contribution is 2.52. The second-order valence-corrected chi connectivity index (χ2v) is 22.6. The van der Waals surface area contributed by atoms with E-state index in [0.717, 1.165) is 55.3 Å². The van der Waals surface area contributed by atoms with Crippen LogP contribution in [0.3, 0.4) is 0 Å². The number of rotatable bonds is 8. The minimum Gasteiger partial charge on any atom is -0.497 e. The van der Waals surface area contributed by atoms with E-state index in [9.17, 15) is 4.79 Å². The van der Waals surface area contributed by atoms with Gasteiger partial charge in [-0.3, -0.25) is 0 Å². The molecule has 1 atom stereocenters. The van der Waals surface area contributed by atoms with Crippen LogP contribution in [0.15, 0.2) is 81.2 Å². The van der Waals surface area contributed by atoms with Crippen LogP contribution >= 0.6 is 16.8 Å². The molecule has 5 aromatic carbocycles. The molecule has 6 aromatic rings. The molecule has 1 aromatic heterocycles. The van der Waals surface area contributed by atoms with Gasteiger partial charge in [0.05, 0.1) is 14.2 Å². The average molecular weight is 893 g/mol. The Bertz CT molecular complexity index is 2690. The Morgan fingerprint density at radius 1 is 0.540 bits per heavy atom. The Morgan fingerprint density at radius 3 is 1.43 bits per heavy atom. The number of fused-ring (bicyclic) bond motifs is 4.